The Morgan fingerprint density at radius 1 is 1.59 bits per heavy atom. The van der Waals surface area contributed by atoms with Crippen molar-refractivity contribution in [1.82, 2.24) is 20.2 Å². The summed E-state index contributed by atoms with van der Waals surface area (Å²) in [6.07, 6.45) is 2.71. The van der Waals surface area contributed by atoms with Gasteiger partial charge in [-0.15, -0.1) is 16.7 Å². The molecule has 0 bridgehead atoms. The van der Waals surface area contributed by atoms with Crippen LogP contribution < -0.4 is 11.1 Å². The maximum absolute atomic E-state index is 12.8. The smallest absolute Gasteiger partial charge is 0.189 e. The van der Waals surface area contributed by atoms with E-state index in [0.29, 0.717) is 37.2 Å². The third-order valence-corrected chi connectivity index (χ3v) is 7.48. The van der Waals surface area contributed by atoms with Crippen LogP contribution in [0.3, 0.4) is 0 Å². The number of rotatable bonds is 6. The van der Waals surface area contributed by atoms with Gasteiger partial charge >= 0.3 is 0 Å². The largest absolute Gasteiger partial charge is 0.314 e. The molecule has 3 N–H and O–H groups in total. The van der Waals surface area contributed by atoms with Gasteiger partial charge in [-0.1, -0.05) is 11.6 Å². The Morgan fingerprint density at radius 2 is 2.41 bits per heavy atom. The van der Waals surface area contributed by atoms with Crippen LogP contribution in [-0.4, -0.2) is 70.1 Å². The van der Waals surface area contributed by atoms with Crippen LogP contribution in [0.1, 0.15) is 28.8 Å². The molecule has 11 heteroatoms. The number of nitroso groups, excluding NO2 is 1. The van der Waals surface area contributed by atoms with E-state index in [1.54, 1.807) is 17.8 Å². The fourth-order valence-electron chi connectivity index (χ4n) is 4.48. The summed E-state index contributed by atoms with van der Waals surface area (Å²) in [7, 11) is 0. The molecule has 2 saturated heterocycles. The summed E-state index contributed by atoms with van der Waals surface area (Å²) >= 11 is 7.94. The second-order valence-corrected chi connectivity index (χ2v) is 8.97. The van der Waals surface area contributed by atoms with Crippen molar-refractivity contribution in [1.29, 1.82) is 5.26 Å². The number of fused-ring (bicyclic) bond motifs is 1. The normalized spacial score (nSPS) is 31.6. The molecule has 0 spiro atoms. The second kappa shape index (κ2) is 8.16. The number of nitrogens with zero attached hydrogens (tertiary/aromatic N) is 5. The highest BCUT2D eigenvalue weighted by atomic mass is 35.5. The number of nitrogens with one attached hydrogen (secondary N) is 1. The summed E-state index contributed by atoms with van der Waals surface area (Å²) in [5.74, 6) is 1.40. The summed E-state index contributed by atoms with van der Waals surface area (Å²) in [5.41, 5.74) is 6.37. The quantitative estimate of drug-likeness (QED) is 0.383. The maximum Gasteiger partial charge on any atom is 0.189 e. The lowest BCUT2D eigenvalue weighted by Gasteiger charge is -2.48. The molecule has 0 radical (unpaired) electrons. The predicted octanol–water partition coefficient (Wildman–Crippen LogP) is 1.09. The summed E-state index contributed by atoms with van der Waals surface area (Å²) in [6.45, 7) is 1.64. The van der Waals surface area contributed by atoms with E-state index < -0.39 is 5.54 Å². The van der Waals surface area contributed by atoms with E-state index in [2.05, 4.69) is 26.6 Å². The van der Waals surface area contributed by atoms with Crippen molar-refractivity contribution in [3.05, 3.63) is 33.5 Å². The van der Waals surface area contributed by atoms with E-state index in [0.717, 1.165) is 18.1 Å². The molecule has 1 aliphatic carbocycles. The Labute approximate surface area is 177 Å². The molecule has 1 aromatic heterocycles. The maximum atomic E-state index is 12.8. The van der Waals surface area contributed by atoms with Crippen molar-refractivity contribution in [2.75, 3.05) is 31.3 Å². The molecule has 154 valence electrons. The fraction of sp³-hybridized carbons (Fsp3) is 0.611. The number of ketones is 1. The molecule has 4 rings (SSSR count). The van der Waals surface area contributed by atoms with Gasteiger partial charge in [0.2, 0.25) is 0 Å². The Balaban J connectivity index is 1.45. The van der Waals surface area contributed by atoms with Gasteiger partial charge < -0.3 is 11.1 Å². The first kappa shape index (κ1) is 20.5. The number of thioether (sulfide) groups is 1. The van der Waals surface area contributed by atoms with Crippen molar-refractivity contribution in [3.8, 4) is 6.07 Å². The predicted molar refractivity (Wildman–Crippen MR) is 110 cm³/mol. The first-order chi connectivity index (χ1) is 14.0. The highest BCUT2D eigenvalue weighted by Crippen LogP contribution is 2.44. The van der Waals surface area contributed by atoms with E-state index >= 15 is 0 Å². The minimum atomic E-state index is -1.24. The van der Waals surface area contributed by atoms with Crippen LogP contribution in [0.25, 0.3) is 0 Å². The third kappa shape index (κ3) is 3.41. The molecular weight excluding hydrogens is 414 g/mol. The van der Waals surface area contributed by atoms with Crippen LogP contribution in [0.2, 0.25) is 5.15 Å². The number of nitriles is 1. The van der Waals surface area contributed by atoms with E-state index in [1.807, 2.05) is 0 Å². The molecule has 0 amide bonds. The van der Waals surface area contributed by atoms with Gasteiger partial charge in [-0.2, -0.15) is 5.26 Å². The number of nitrogens with two attached hydrogens (primary N) is 1. The summed E-state index contributed by atoms with van der Waals surface area (Å²) in [6, 6.07) is 3.30. The molecule has 29 heavy (non-hydrogen) atoms. The zero-order valence-electron chi connectivity index (χ0n) is 15.8. The van der Waals surface area contributed by atoms with Crippen molar-refractivity contribution in [2.24, 2.45) is 11.0 Å². The van der Waals surface area contributed by atoms with Crippen molar-refractivity contribution >= 4 is 29.1 Å². The van der Waals surface area contributed by atoms with Gasteiger partial charge in [-0.05, 0) is 25.5 Å². The van der Waals surface area contributed by atoms with E-state index in [-0.39, 0.29) is 29.1 Å². The lowest BCUT2D eigenvalue weighted by Crippen LogP contribution is -2.68. The highest BCUT2D eigenvalue weighted by molar-refractivity contribution is 7.99. The standard InChI is InChI=1S/C18H22ClN7O2S/c19-17-15-13(2-4-23-17)16(27)18(15,21)14-7-11(1-3-22-14)26(24-28)6-5-25-10-29-9-12(25)8-20/h2,4,11-12,14,22H,1,3,5-7,9-10,21H2. The minimum Gasteiger partial charge on any atom is -0.314 e. The first-order valence-corrected chi connectivity index (χ1v) is 11.1. The van der Waals surface area contributed by atoms with Gasteiger partial charge in [0.1, 0.15) is 16.7 Å². The zero-order chi connectivity index (χ0) is 20.6. The molecule has 0 aromatic carbocycles. The molecule has 4 atom stereocenters. The van der Waals surface area contributed by atoms with Crippen LogP contribution >= 0.6 is 23.4 Å². The lowest BCUT2D eigenvalue weighted by atomic mass is 9.64. The number of piperidine rings is 1. The fourth-order valence-corrected chi connectivity index (χ4v) is 5.95. The molecule has 4 unspecified atom stereocenters. The number of hydrogen-bond acceptors (Lipinski definition) is 9. The average molecular weight is 436 g/mol. The number of carbonyl (C=O) groups excluding carboxylic acids is 1. The Hall–Kier alpha value is -1.77. The van der Waals surface area contributed by atoms with Gasteiger partial charge in [0.25, 0.3) is 0 Å². The average Bonchev–Trinajstić information content (AvgIpc) is 3.21. The van der Waals surface area contributed by atoms with Crippen LogP contribution in [0.4, 0.5) is 0 Å². The van der Waals surface area contributed by atoms with E-state index in [9.17, 15) is 15.0 Å². The Bertz CT molecular complexity index is 865. The number of hydrogen-bond donors (Lipinski definition) is 2. The number of Topliss-reactive ketones (excluding diaryl/α,β-unsaturated/α-hetero) is 1. The summed E-state index contributed by atoms with van der Waals surface area (Å²) in [4.78, 5) is 30.4. The SMILES string of the molecule is N#CC1CSCN1CCN(N=O)C1CCNC(C2(N)C(=O)c3ccnc(Cl)c32)C1. The molecule has 1 aromatic rings. The number of carbonyl (C=O) groups is 1. The van der Waals surface area contributed by atoms with E-state index in [4.69, 9.17) is 17.3 Å². The number of aromatic nitrogens is 1. The van der Waals surface area contributed by atoms with Crippen molar-refractivity contribution in [3.63, 3.8) is 0 Å². The molecule has 3 aliphatic rings. The number of halogens is 1. The van der Waals surface area contributed by atoms with Gasteiger partial charge in [-0.25, -0.2) is 4.98 Å². The molecule has 9 nitrogen and oxygen atoms in total. The summed E-state index contributed by atoms with van der Waals surface area (Å²) in [5, 5.41) is 17.6. The molecule has 0 saturated carbocycles. The zero-order valence-corrected chi connectivity index (χ0v) is 17.3. The third-order valence-electron chi connectivity index (χ3n) is 6.13. The first-order valence-electron chi connectivity index (χ1n) is 9.54. The molecular formula is C18H22ClN7O2S. The van der Waals surface area contributed by atoms with Gasteiger partial charge in [0.05, 0.1) is 23.9 Å². The van der Waals surface area contributed by atoms with Gasteiger partial charge in [0.15, 0.2) is 5.78 Å². The van der Waals surface area contributed by atoms with Crippen LogP contribution in [0.15, 0.2) is 17.5 Å². The lowest BCUT2D eigenvalue weighted by molar-refractivity contribution is 0.0677. The molecule has 2 fully saturated rings. The molecule has 3 heterocycles. The topological polar surface area (TPSA) is 128 Å². The summed E-state index contributed by atoms with van der Waals surface area (Å²) < 4.78 is 0. The number of pyridine rings is 1. The van der Waals surface area contributed by atoms with Crippen LogP contribution in [-0.2, 0) is 5.54 Å². The van der Waals surface area contributed by atoms with Crippen LogP contribution in [0.5, 0.6) is 0 Å². The van der Waals surface area contributed by atoms with Crippen molar-refractivity contribution < 1.29 is 4.79 Å². The van der Waals surface area contributed by atoms with Gasteiger partial charge in [0, 0.05) is 41.5 Å². The van der Waals surface area contributed by atoms with E-state index in [1.165, 1.54) is 11.2 Å². The van der Waals surface area contributed by atoms with Crippen LogP contribution in [0, 0.1) is 16.2 Å². The molecule has 2 aliphatic heterocycles. The Morgan fingerprint density at radius 3 is 3.17 bits per heavy atom. The van der Waals surface area contributed by atoms with Gasteiger partial charge in [-0.3, -0.25) is 14.7 Å². The highest BCUT2D eigenvalue weighted by Gasteiger charge is 2.56. The van der Waals surface area contributed by atoms with Crippen molar-refractivity contribution in [2.45, 2.75) is 36.5 Å². The second-order valence-electron chi connectivity index (χ2n) is 7.61. The Kier molecular flexibility index (Phi) is 5.77. The monoisotopic (exact) mass is 435 g/mol. The minimum absolute atomic E-state index is 0.125.